The van der Waals surface area contributed by atoms with Crippen LogP contribution in [0.2, 0.25) is 0 Å². The Balaban J connectivity index is 0.000000370. The van der Waals surface area contributed by atoms with Crippen LogP contribution in [0, 0.1) is 0 Å². The molecule has 0 fully saturated rings. The monoisotopic (exact) mass is 331 g/mol. The average Bonchev–Trinajstić information content (AvgIpc) is 2.19. The smallest absolute Gasteiger partial charge is 0.478 e. The molecule has 1 rings (SSSR count). The van der Waals surface area contributed by atoms with E-state index in [2.05, 4.69) is 4.31 Å². The van der Waals surface area contributed by atoms with Gasteiger partial charge in [-0.25, -0.2) is 9.13 Å². The molecule has 0 radical (unpaired) electrons. The molecule has 0 amide bonds. The van der Waals surface area contributed by atoms with Crippen molar-refractivity contribution in [1.82, 2.24) is 0 Å². The number of rotatable bonds is 4. The molecule has 0 spiro atoms. The van der Waals surface area contributed by atoms with Crippen LogP contribution in [0.15, 0.2) is 18.2 Å². The SMILES string of the molecule is NCCc1ccc(O)c(O)c1.O=P(O)(O)OP(=O)(O)O. The number of hydrogen-bond acceptors (Lipinski definition) is 6. The molecule has 0 aliphatic heterocycles. The van der Waals surface area contributed by atoms with Gasteiger partial charge in [0.15, 0.2) is 11.5 Å². The summed E-state index contributed by atoms with van der Waals surface area (Å²) in [4.78, 5) is 31.0. The van der Waals surface area contributed by atoms with Crippen molar-refractivity contribution in [2.45, 2.75) is 6.42 Å². The number of phenolic OH excluding ortho intramolecular Hbond substituents is 2. The predicted octanol–water partition coefficient (Wildman–Crippen LogP) is -0.213. The number of nitrogens with two attached hydrogens (primary N) is 1. The molecule has 0 aromatic heterocycles. The highest BCUT2D eigenvalue weighted by atomic mass is 31.3. The van der Waals surface area contributed by atoms with Crippen molar-refractivity contribution >= 4 is 15.6 Å². The molecule has 8 N–H and O–H groups in total. The van der Waals surface area contributed by atoms with Crippen LogP contribution in [0.3, 0.4) is 0 Å². The van der Waals surface area contributed by atoms with Crippen molar-refractivity contribution in [3.05, 3.63) is 23.8 Å². The van der Waals surface area contributed by atoms with E-state index in [1.807, 2.05) is 0 Å². The van der Waals surface area contributed by atoms with E-state index in [1.165, 1.54) is 12.1 Å². The highest BCUT2D eigenvalue weighted by Crippen LogP contribution is 2.53. The van der Waals surface area contributed by atoms with Gasteiger partial charge in [-0.05, 0) is 30.7 Å². The van der Waals surface area contributed by atoms with Crippen molar-refractivity contribution in [2.24, 2.45) is 5.73 Å². The first-order valence-corrected chi connectivity index (χ1v) is 8.04. The zero-order chi connectivity index (χ0) is 16.0. The van der Waals surface area contributed by atoms with Crippen LogP contribution < -0.4 is 5.73 Å². The molecule has 0 saturated carbocycles. The van der Waals surface area contributed by atoms with Crippen molar-refractivity contribution in [1.29, 1.82) is 0 Å². The Morgan fingerprint density at radius 2 is 1.50 bits per heavy atom. The number of benzene rings is 1. The number of phenols is 2. The molecule has 0 atom stereocenters. The lowest BCUT2D eigenvalue weighted by atomic mass is 10.1. The molecule has 0 aliphatic carbocycles. The molecule has 0 saturated heterocycles. The molecule has 10 nitrogen and oxygen atoms in total. The molecular formula is C8H15NO9P2. The maximum absolute atomic E-state index is 9.63. The fraction of sp³-hybridized carbons (Fsp3) is 0.250. The lowest BCUT2D eigenvalue weighted by Crippen LogP contribution is -2.02. The Hall–Kier alpha value is -0.960. The minimum absolute atomic E-state index is 0.0871. The third-order valence-electron chi connectivity index (χ3n) is 1.69. The molecule has 12 heteroatoms. The summed E-state index contributed by atoms with van der Waals surface area (Å²) in [6.07, 6.45) is 0.716. The van der Waals surface area contributed by atoms with E-state index in [0.29, 0.717) is 13.0 Å². The lowest BCUT2D eigenvalue weighted by molar-refractivity contribution is 0.225. The van der Waals surface area contributed by atoms with Gasteiger partial charge in [-0.3, -0.25) is 0 Å². The van der Waals surface area contributed by atoms with E-state index >= 15 is 0 Å². The molecule has 0 aliphatic rings. The fourth-order valence-corrected chi connectivity index (χ4v) is 2.14. The van der Waals surface area contributed by atoms with Crippen LogP contribution in [-0.2, 0) is 19.9 Å². The van der Waals surface area contributed by atoms with E-state index in [-0.39, 0.29) is 11.5 Å². The standard InChI is InChI=1S/C8H11NO2.H4O7P2/c9-4-3-6-1-2-7(10)8(11)5-6;1-8(2,3)7-9(4,5)6/h1-2,5,10-11H,3-4,9H2;(H2,1,2,3)(H2,4,5,6). The molecular weight excluding hydrogens is 316 g/mol. The van der Waals surface area contributed by atoms with Crippen molar-refractivity contribution in [3.63, 3.8) is 0 Å². The molecule has 1 aromatic rings. The van der Waals surface area contributed by atoms with Gasteiger partial charge < -0.3 is 35.5 Å². The summed E-state index contributed by atoms with van der Waals surface area (Å²) >= 11 is 0. The highest BCUT2D eigenvalue weighted by molar-refractivity contribution is 7.60. The van der Waals surface area contributed by atoms with E-state index < -0.39 is 15.6 Å². The second-order valence-electron chi connectivity index (χ2n) is 3.42. The van der Waals surface area contributed by atoms with Crippen LogP contribution in [0.5, 0.6) is 11.5 Å². The summed E-state index contributed by atoms with van der Waals surface area (Å²) in [6.45, 7) is 0.546. The fourth-order valence-electron chi connectivity index (χ4n) is 1.03. The second-order valence-corrected chi connectivity index (χ2v) is 6.04. The van der Waals surface area contributed by atoms with Gasteiger partial charge in [0.25, 0.3) is 0 Å². The minimum atomic E-state index is -5.05. The zero-order valence-electron chi connectivity index (χ0n) is 10.0. The van der Waals surface area contributed by atoms with Gasteiger partial charge in [-0.15, -0.1) is 0 Å². The molecule has 0 heterocycles. The first-order valence-electron chi connectivity index (χ1n) is 4.98. The molecule has 0 bridgehead atoms. The van der Waals surface area contributed by atoms with Gasteiger partial charge in [-0.2, -0.15) is 4.31 Å². The third-order valence-corrected chi connectivity index (χ3v) is 3.39. The van der Waals surface area contributed by atoms with E-state index in [0.717, 1.165) is 5.56 Å². The topological polar surface area (TPSA) is 191 Å². The van der Waals surface area contributed by atoms with Crippen LogP contribution in [0.4, 0.5) is 0 Å². The summed E-state index contributed by atoms with van der Waals surface area (Å²) < 4.78 is 22.2. The Labute approximate surface area is 113 Å². The van der Waals surface area contributed by atoms with Crippen molar-refractivity contribution in [3.8, 4) is 11.5 Å². The maximum Gasteiger partial charge on any atom is 0.478 e. The summed E-state index contributed by atoms with van der Waals surface area (Å²) in [5, 5.41) is 18.0. The lowest BCUT2D eigenvalue weighted by Gasteiger charge is -2.03. The highest BCUT2D eigenvalue weighted by Gasteiger charge is 2.27. The Kier molecular flexibility index (Phi) is 7.35. The summed E-state index contributed by atoms with van der Waals surface area (Å²) in [5.74, 6) is -0.179. The second kappa shape index (κ2) is 7.72. The summed E-state index contributed by atoms with van der Waals surface area (Å²) in [6, 6.07) is 4.71. The Bertz CT molecular complexity index is 503. The van der Waals surface area contributed by atoms with E-state index in [9.17, 15) is 9.13 Å². The van der Waals surface area contributed by atoms with E-state index in [4.69, 9.17) is 35.5 Å². The summed E-state index contributed by atoms with van der Waals surface area (Å²) in [5.41, 5.74) is 6.24. The first kappa shape index (κ1) is 19.0. The van der Waals surface area contributed by atoms with Gasteiger partial charge in [0.1, 0.15) is 0 Å². The molecule has 1 aromatic carbocycles. The van der Waals surface area contributed by atoms with Crippen LogP contribution in [-0.4, -0.2) is 36.3 Å². The van der Waals surface area contributed by atoms with Crippen LogP contribution in [0.25, 0.3) is 0 Å². The van der Waals surface area contributed by atoms with Crippen molar-refractivity contribution < 1.29 is 43.2 Å². The average molecular weight is 331 g/mol. The Morgan fingerprint density at radius 3 is 1.80 bits per heavy atom. The largest absolute Gasteiger partial charge is 0.504 e. The molecule has 116 valence electrons. The minimum Gasteiger partial charge on any atom is -0.504 e. The maximum atomic E-state index is 9.63. The first-order chi connectivity index (χ1) is 8.94. The predicted molar refractivity (Wildman–Crippen MR) is 67.7 cm³/mol. The van der Waals surface area contributed by atoms with Gasteiger partial charge in [0, 0.05) is 0 Å². The van der Waals surface area contributed by atoms with E-state index in [1.54, 1.807) is 6.07 Å². The number of aromatic hydroxyl groups is 2. The van der Waals surface area contributed by atoms with Crippen LogP contribution in [0.1, 0.15) is 5.56 Å². The number of phosphoric acid groups is 2. The number of hydrogen-bond donors (Lipinski definition) is 7. The van der Waals surface area contributed by atoms with Gasteiger partial charge in [-0.1, -0.05) is 6.07 Å². The molecule has 0 unspecified atom stereocenters. The van der Waals surface area contributed by atoms with Gasteiger partial charge in [0.05, 0.1) is 0 Å². The van der Waals surface area contributed by atoms with Crippen molar-refractivity contribution in [2.75, 3.05) is 6.54 Å². The van der Waals surface area contributed by atoms with Gasteiger partial charge in [0.2, 0.25) is 0 Å². The normalized spacial score (nSPS) is 11.7. The zero-order valence-corrected chi connectivity index (χ0v) is 11.8. The third kappa shape index (κ3) is 9.90. The summed E-state index contributed by atoms with van der Waals surface area (Å²) in [7, 11) is -10.1. The van der Waals surface area contributed by atoms with Gasteiger partial charge >= 0.3 is 15.6 Å². The molecule has 20 heavy (non-hydrogen) atoms. The van der Waals surface area contributed by atoms with Crippen LogP contribution >= 0.6 is 15.6 Å². The quantitative estimate of drug-likeness (QED) is 0.287. The Morgan fingerprint density at radius 1 is 1.00 bits per heavy atom.